The van der Waals surface area contributed by atoms with Crippen LogP contribution in [0.2, 0.25) is 10.1 Å². The van der Waals surface area contributed by atoms with Crippen LogP contribution in [-0.4, -0.2) is 23.2 Å². The Labute approximate surface area is 331 Å². The second-order valence-electron chi connectivity index (χ2n) is 17.1. The molecule has 2 aromatic heterocycles. The van der Waals surface area contributed by atoms with Crippen LogP contribution in [-0.2, 0) is 30.9 Å². The summed E-state index contributed by atoms with van der Waals surface area (Å²) in [6, 6.07) is 47.2. The number of hydrogen-bond donors (Lipinski definition) is 0. The van der Waals surface area contributed by atoms with Crippen molar-refractivity contribution >= 4 is 31.3 Å². The fraction of sp³-hybridized carbons (Fsp3) is 0.304. The molecule has 5 nitrogen and oxygen atoms in total. The number of aromatic nitrogens is 3. The third-order valence-corrected chi connectivity index (χ3v) is 18.1. The first-order chi connectivity index (χ1) is 24.6. The van der Waals surface area contributed by atoms with Gasteiger partial charge in [0, 0.05) is 43.0 Å². The summed E-state index contributed by atoms with van der Waals surface area (Å²) in [4.78, 5) is 4.82. The van der Waals surface area contributed by atoms with Gasteiger partial charge in [0.25, 0.3) is 8.40 Å². The van der Waals surface area contributed by atoms with E-state index in [1.165, 1.54) is 33.8 Å². The van der Waals surface area contributed by atoms with Crippen LogP contribution in [0.15, 0.2) is 128 Å². The number of pyridine rings is 1. The van der Waals surface area contributed by atoms with E-state index in [-0.39, 0.29) is 41.0 Å². The second-order valence-corrected chi connectivity index (χ2v) is 22.4. The zero-order chi connectivity index (χ0) is 37.1. The van der Waals surface area contributed by atoms with Crippen LogP contribution in [0.5, 0.6) is 0 Å². The Morgan fingerprint density at radius 1 is 0.623 bits per heavy atom. The van der Waals surface area contributed by atoms with Crippen LogP contribution in [0.4, 0.5) is 22.9 Å². The molecule has 2 aliphatic rings. The van der Waals surface area contributed by atoms with Crippen molar-refractivity contribution in [1.82, 2.24) is 14.8 Å². The van der Waals surface area contributed by atoms with E-state index >= 15 is 0 Å². The molecule has 0 amide bonds. The minimum absolute atomic E-state index is 0. The van der Waals surface area contributed by atoms with Gasteiger partial charge >= 0.3 is 0 Å². The molecule has 6 aromatic rings. The van der Waals surface area contributed by atoms with Crippen LogP contribution in [0.3, 0.4) is 0 Å². The molecule has 275 valence electrons. The van der Waals surface area contributed by atoms with Crippen molar-refractivity contribution in [2.75, 3.05) is 9.13 Å². The summed E-state index contributed by atoms with van der Waals surface area (Å²) in [6.45, 7) is 23.6. The minimum Gasteiger partial charge on any atom is -0.403 e. The van der Waals surface area contributed by atoms with E-state index in [9.17, 15) is 0 Å². The van der Waals surface area contributed by atoms with Crippen LogP contribution >= 0.6 is 0 Å². The summed E-state index contributed by atoms with van der Waals surface area (Å²) in [5.41, 5.74) is 9.63. The topological polar surface area (TPSA) is 37.2 Å². The van der Waals surface area contributed by atoms with Crippen LogP contribution in [0.1, 0.15) is 80.5 Å². The Kier molecular flexibility index (Phi) is 10.0. The number of hydrogen-bond acceptors (Lipinski definition) is 4. The molecule has 4 heterocycles. The van der Waals surface area contributed by atoms with Crippen LogP contribution in [0, 0.1) is 12.1 Å². The largest absolute Gasteiger partial charge is 0.403 e. The van der Waals surface area contributed by atoms with E-state index in [0.717, 1.165) is 17.2 Å². The Morgan fingerprint density at radius 2 is 1.21 bits per heavy atom. The average Bonchev–Trinajstić information content (AvgIpc) is 3.72. The molecule has 0 saturated carbocycles. The zero-order valence-electron chi connectivity index (χ0n) is 32.7. The molecule has 1 radical (unpaired) electrons. The van der Waals surface area contributed by atoms with Gasteiger partial charge in [-0.1, -0.05) is 135 Å². The Hall–Kier alpha value is -4.29. The predicted molar refractivity (Wildman–Crippen MR) is 219 cm³/mol. The molecule has 0 aliphatic carbocycles. The van der Waals surface area contributed by atoms with E-state index in [1.54, 1.807) is 0 Å². The summed E-state index contributed by atoms with van der Waals surface area (Å²) in [5, 5.41) is 4.76. The van der Waals surface area contributed by atoms with Gasteiger partial charge in [-0.15, -0.1) is 11.6 Å². The van der Waals surface area contributed by atoms with Gasteiger partial charge in [-0.25, -0.2) is 4.98 Å². The second kappa shape index (κ2) is 13.8. The smallest absolute Gasteiger partial charge is 0.272 e. The van der Waals surface area contributed by atoms with E-state index < -0.39 is 8.40 Å². The Balaban J connectivity index is 0.000000182. The van der Waals surface area contributed by atoms with Crippen molar-refractivity contribution in [1.29, 1.82) is 0 Å². The van der Waals surface area contributed by atoms with Gasteiger partial charge < -0.3 is 9.13 Å². The average molecular weight is 894 g/mol. The molecular weight excluding hydrogens is 843 g/mol. The van der Waals surface area contributed by atoms with Gasteiger partial charge in [-0.3, -0.25) is 4.68 Å². The third-order valence-electron chi connectivity index (χ3n) is 11.6. The number of rotatable bonds is 3. The Bertz CT molecular complexity index is 2080. The summed E-state index contributed by atoms with van der Waals surface area (Å²) in [7, 11) is -2.51. The summed E-state index contributed by atoms with van der Waals surface area (Å²) in [5.74, 6) is 1.01. The van der Waals surface area contributed by atoms with Crippen molar-refractivity contribution in [3.63, 3.8) is 0 Å². The number of nitrogens with zero attached hydrogens (tertiary/aromatic N) is 5. The molecule has 0 unspecified atom stereocenters. The number of para-hydroxylation sites is 3. The van der Waals surface area contributed by atoms with Crippen molar-refractivity contribution < 1.29 is 20.1 Å². The van der Waals surface area contributed by atoms with Crippen LogP contribution in [0.25, 0.3) is 16.8 Å². The fourth-order valence-electron chi connectivity index (χ4n) is 9.04. The molecule has 0 fully saturated rings. The first-order valence-corrected chi connectivity index (χ1v) is 20.3. The molecule has 0 bridgehead atoms. The van der Waals surface area contributed by atoms with Crippen molar-refractivity contribution in [2.24, 2.45) is 0 Å². The number of anilines is 4. The van der Waals surface area contributed by atoms with E-state index in [2.05, 4.69) is 192 Å². The monoisotopic (exact) mass is 894 g/mol. The molecule has 4 aromatic carbocycles. The zero-order valence-corrected chi connectivity index (χ0v) is 36.1. The molecule has 0 saturated heterocycles. The van der Waals surface area contributed by atoms with Gasteiger partial charge in [0.15, 0.2) is 0 Å². The molecule has 0 N–H and O–H groups in total. The summed E-state index contributed by atoms with van der Waals surface area (Å²) >= 11 is 0. The van der Waals surface area contributed by atoms with Crippen molar-refractivity contribution in [2.45, 2.75) is 90.1 Å². The van der Waals surface area contributed by atoms with Crippen LogP contribution < -0.4 is 9.13 Å². The normalized spacial score (nSPS) is 16.3. The van der Waals surface area contributed by atoms with Crippen molar-refractivity contribution in [3.05, 3.63) is 151 Å². The first kappa shape index (κ1) is 38.4. The van der Waals surface area contributed by atoms with Gasteiger partial charge in [0.2, 0.25) is 0 Å². The maximum absolute atomic E-state index is 4.82. The molecule has 2 aliphatic heterocycles. The molecular formula is C46H51IrN5Si-2. The van der Waals surface area contributed by atoms with E-state index in [4.69, 9.17) is 10.1 Å². The minimum atomic E-state index is -2.51. The number of benzene rings is 4. The van der Waals surface area contributed by atoms with Crippen molar-refractivity contribution in [3.8, 4) is 16.8 Å². The quantitative estimate of drug-likeness (QED) is 0.131. The molecule has 0 spiro atoms. The SMILES string of the molecule is CC(C)(C)[Si]1(C(C)(C)C)N(c2ccccn2)c2[c-]cccc2N1c1ccccc1.CC1(C)c2ccc[c-]c2-n2ncc(-c3ccccc3)c2C1(C)C.[Ir]. The van der Waals surface area contributed by atoms with Gasteiger partial charge in [-0.2, -0.15) is 47.6 Å². The summed E-state index contributed by atoms with van der Waals surface area (Å²) in [6.07, 6.45) is 3.89. The molecule has 7 heteroatoms. The maximum atomic E-state index is 4.82. The molecule has 0 atom stereocenters. The molecule has 53 heavy (non-hydrogen) atoms. The number of fused-ring (bicyclic) bond motifs is 4. The van der Waals surface area contributed by atoms with Gasteiger partial charge in [0.1, 0.15) is 5.82 Å². The predicted octanol–water partition coefficient (Wildman–Crippen LogP) is 12.1. The third kappa shape index (κ3) is 5.92. The summed E-state index contributed by atoms with van der Waals surface area (Å²) < 4.78 is 7.28. The first-order valence-electron chi connectivity index (χ1n) is 18.4. The standard InChI is InChI=1S/C25H30N3Si.C21H21N2.Ir/c1-24(2,3)29(25(4,5)6)27(20-14-8-7-9-15-20)21-16-10-11-17-22(21)28(29)23-18-12-13-19-26-23;1-20(2)17-12-8-9-13-18(17)23-19(21(20,3)4)16(14-22-23)15-10-6-5-7-11-15;/h7-16,18-19H,1-6H3;5-12,14H,1-4H3;/q2*-1;. The van der Waals surface area contributed by atoms with E-state index in [1.807, 2.05) is 30.6 Å². The van der Waals surface area contributed by atoms with Gasteiger partial charge in [-0.05, 0) is 51.0 Å². The Morgan fingerprint density at radius 3 is 1.81 bits per heavy atom. The maximum Gasteiger partial charge on any atom is 0.272 e. The fourth-order valence-corrected chi connectivity index (χ4v) is 16.2. The molecule has 8 rings (SSSR count). The van der Waals surface area contributed by atoms with E-state index in [0.29, 0.717) is 0 Å². The van der Waals surface area contributed by atoms with Gasteiger partial charge in [0.05, 0.1) is 11.9 Å².